The largest absolute Gasteiger partial charge is 0.468 e. The number of carbonyl (C=O) groups is 1. The Hall–Kier alpha value is -0.910. The fourth-order valence-electron chi connectivity index (χ4n) is 0.651. The number of hydrogen-bond acceptors (Lipinski definition) is 3. The Labute approximate surface area is 76.4 Å². The van der Waals surface area contributed by atoms with Crippen LogP contribution in [0.2, 0.25) is 0 Å². The number of ether oxygens (including phenoxy) is 1. The quantitative estimate of drug-likeness (QED) is 0.719. The molecule has 1 rings (SSSR count). The number of rotatable bonds is 2. The molecule has 6 heteroatoms. The van der Waals surface area contributed by atoms with Gasteiger partial charge in [-0.05, 0) is 15.9 Å². The van der Waals surface area contributed by atoms with Crippen LogP contribution in [0, 0.1) is 5.95 Å². The van der Waals surface area contributed by atoms with Crippen molar-refractivity contribution in [1.82, 2.24) is 9.78 Å². The average Bonchev–Trinajstić information content (AvgIpc) is 2.31. The van der Waals surface area contributed by atoms with E-state index < -0.39 is 11.9 Å². The first-order chi connectivity index (χ1) is 5.63. The summed E-state index contributed by atoms with van der Waals surface area (Å²) in [6.45, 7) is -0.0843. The molecule has 0 saturated carbocycles. The molecule has 0 N–H and O–H groups in total. The molecule has 0 radical (unpaired) electrons. The SMILES string of the molecule is COC(=O)Cn1cc(Br)c(F)n1. The third-order valence-corrected chi connectivity index (χ3v) is 1.73. The first kappa shape index (κ1) is 9.18. The minimum Gasteiger partial charge on any atom is -0.468 e. The van der Waals surface area contributed by atoms with Gasteiger partial charge in [0.25, 0.3) is 0 Å². The van der Waals surface area contributed by atoms with Gasteiger partial charge in [0.2, 0.25) is 5.95 Å². The summed E-state index contributed by atoms with van der Waals surface area (Å²) in [5, 5.41) is 3.40. The maximum atomic E-state index is 12.6. The maximum absolute atomic E-state index is 12.6. The van der Waals surface area contributed by atoms with Crippen molar-refractivity contribution in [2.24, 2.45) is 0 Å². The van der Waals surface area contributed by atoms with Gasteiger partial charge in [-0.25, -0.2) is 0 Å². The zero-order valence-electron chi connectivity index (χ0n) is 6.25. The van der Waals surface area contributed by atoms with Gasteiger partial charge in [0.15, 0.2) is 0 Å². The molecule has 66 valence electrons. The van der Waals surface area contributed by atoms with Crippen LogP contribution in [0.5, 0.6) is 0 Å². The minimum atomic E-state index is -0.640. The van der Waals surface area contributed by atoms with Crippen molar-refractivity contribution in [2.75, 3.05) is 7.11 Å². The third-order valence-electron chi connectivity index (χ3n) is 1.19. The van der Waals surface area contributed by atoms with Crippen molar-refractivity contribution in [3.63, 3.8) is 0 Å². The summed E-state index contributed by atoms with van der Waals surface area (Å²) >= 11 is 2.92. The molecule has 0 aromatic carbocycles. The van der Waals surface area contributed by atoms with Gasteiger partial charge in [-0.15, -0.1) is 5.10 Å². The number of methoxy groups -OCH3 is 1. The Balaban J connectivity index is 2.70. The molecule has 0 aliphatic rings. The van der Waals surface area contributed by atoms with Gasteiger partial charge in [-0.2, -0.15) is 4.39 Å². The number of halogens is 2. The summed E-state index contributed by atoms with van der Waals surface area (Å²) in [5.41, 5.74) is 0. The lowest BCUT2D eigenvalue weighted by Gasteiger charge is -1.97. The smallest absolute Gasteiger partial charge is 0.327 e. The lowest BCUT2D eigenvalue weighted by molar-refractivity contribution is -0.141. The molecule has 0 amide bonds. The molecule has 1 heterocycles. The van der Waals surface area contributed by atoms with E-state index in [9.17, 15) is 9.18 Å². The van der Waals surface area contributed by atoms with Crippen molar-refractivity contribution in [1.29, 1.82) is 0 Å². The average molecular weight is 237 g/mol. The summed E-state index contributed by atoms with van der Waals surface area (Å²) in [6.07, 6.45) is 1.37. The van der Waals surface area contributed by atoms with Crippen LogP contribution in [0.25, 0.3) is 0 Å². The monoisotopic (exact) mass is 236 g/mol. The molecule has 0 aliphatic heterocycles. The van der Waals surface area contributed by atoms with Crippen LogP contribution < -0.4 is 0 Å². The highest BCUT2D eigenvalue weighted by Gasteiger charge is 2.07. The van der Waals surface area contributed by atoms with Crippen LogP contribution in [0.1, 0.15) is 0 Å². The Bertz CT molecular complexity index is 280. The summed E-state index contributed by atoms with van der Waals surface area (Å²) < 4.78 is 18.3. The Morgan fingerprint density at radius 2 is 2.58 bits per heavy atom. The van der Waals surface area contributed by atoms with Crippen molar-refractivity contribution < 1.29 is 13.9 Å². The lowest BCUT2D eigenvalue weighted by Crippen LogP contribution is -2.11. The van der Waals surface area contributed by atoms with Crippen LogP contribution in [-0.2, 0) is 16.1 Å². The highest BCUT2D eigenvalue weighted by Crippen LogP contribution is 2.12. The molecule has 12 heavy (non-hydrogen) atoms. The molecule has 0 aliphatic carbocycles. The lowest BCUT2D eigenvalue weighted by atomic mass is 10.6. The highest BCUT2D eigenvalue weighted by atomic mass is 79.9. The predicted octanol–water partition coefficient (Wildman–Crippen LogP) is 0.958. The van der Waals surface area contributed by atoms with Crippen LogP contribution in [0.4, 0.5) is 4.39 Å². The van der Waals surface area contributed by atoms with E-state index in [1.165, 1.54) is 13.3 Å². The zero-order chi connectivity index (χ0) is 9.14. The van der Waals surface area contributed by atoms with Crippen molar-refractivity contribution in [2.45, 2.75) is 6.54 Å². The van der Waals surface area contributed by atoms with Crippen molar-refractivity contribution in [3.8, 4) is 0 Å². The molecular weight excluding hydrogens is 231 g/mol. The Morgan fingerprint density at radius 3 is 3.00 bits per heavy atom. The zero-order valence-corrected chi connectivity index (χ0v) is 7.84. The summed E-state index contributed by atoms with van der Waals surface area (Å²) in [7, 11) is 1.26. The number of esters is 1. The van der Waals surface area contributed by atoms with Crippen LogP contribution >= 0.6 is 15.9 Å². The molecule has 0 atom stereocenters. The maximum Gasteiger partial charge on any atom is 0.327 e. The second-order valence-corrected chi connectivity index (χ2v) is 2.90. The molecule has 0 spiro atoms. The molecule has 0 unspecified atom stereocenters. The van der Waals surface area contributed by atoms with Crippen LogP contribution in [0.3, 0.4) is 0 Å². The minimum absolute atomic E-state index is 0.0843. The van der Waals surface area contributed by atoms with E-state index in [1.54, 1.807) is 0 Å². The molecule has 1 aromatic rings. The number of carbonyl (C=O) groups excluding carboxylic acids is 1. The number of aromatic nitrogens is 2. The van der Waals surface area contributed by atoms with E-state index >= 15 is 0 Å². The predicted molar refractivity (Wildman–Crippen MR) is 41.9 cm³/mol. The first-order valence-electron chi connectivity index (χ1n) is 3.08. The van der Waals surface area contributed by atoms with E-state index in [-0.39, 0.29) is 11.0 Å². The van der Waals surface area contributed by atoms with Gasteiger partial charge in [0.05, 0.1) is 11.6 Å². The third kappa shape index (κ3) is 2.04. The van der Waals surface area contributed by atoms with Gasteiger partial charge >= 0.3 is 5.97 Å². The van der Waals surface area contributed by atoms with Gasteiger partial charge in [-0.1, -0.05) is 0 Å². The highest BCUT2D eigenvalue weighted by molar-refractivity contribution is 9.10. The van der Waals surface area contributed by atoms with Crippen LogP contribution in [0.15, 0.2) is 10.7 Å². The molecular formula is C6H6BrFN2O2. The molecule has 1 aromatic heterocycles. The van der Waals surface area contributed by atoms with Crippen molar-refractivity contribution >= 4 is 21.9 Å². The van der Waals surface area contributed by atoms with E-state index in [4.69, 9.17) is 0 Å². The van der Waals surface area contributed by atoms with E-state index in [2.05, 4.69) is 25.8 Å². The number of nitrogens with zero attached hydrogens (tertiary/aromatic N) is 2. The molecule has 0 fully saturated rings. The van der Waals surface area contributed by atoms with E-state index in [1.807, 2.05) is 0 Å². The fraction of sp³-hybridized carbons (Fsp3) is 0.333. The standard InChI is InChI=1S/C6H6BrFN2O2/c1-12-5(11)3-10-2-4(7)6(8)9-10/h2H,3H2,1H3. The molecule has 4 nitrogen and oxygen atoms in total. The molecule has 0 bridgehead atoms. The van der Waals surface area contributed by atoms with Gasteiger partial charge < -0.3 is 4.74 Å². The second kappa shape index (κ2) is 3.66. The normalized spacial score (nSPS) is 9.92. The van der Waals surface area contributed by atoms with Crippen LogP contribution in [-0.4, -0.2) is 22.9 Å². The summed E-state index contributed by atoms with van der Waals surface area (Å²) in [5.74, 6) is -1.11. The van der Waals surface area contributed by atoms with Crippen molar-refractivity contribution in [3.05, 3.63) is 16.6 Å². The first-order valence-corrected chi connectivity index (χ1v) is 3.88. The topological polar surface area (TPSA) is 44.1 Å². The van der Waals surface area contributed by atoms with Gasteiger partial charge in [-0.3, -0.25) is 9.48 Å². The summed E-state index contributed by atoms with van der Waals surface area (Å²) in [6, 6.07) is 0. The van der Waals surface area contributed by atoms with Gasteiger partial charge in [0.1, 0.15) is 6.54 Å². The Kier molecular flexibility index (Phi) is 2.80. The summed E-state index contributed by atoms with van der Waals surface area (Å²) in [4.78, 5) is 10.7. The fourth-order valence-corrected chi connectivity index (χ4v) is 0.967. The Morgan fingerprint density at radius 1 is 1.92 bits per heavy atom. The van der Waals surface area contributed by atoms with Gasteiger partial charge in [0, 0.05) is 6.20 Å². The van der Waals surface area contributed by atoms with E-state index in [0.717, 1.165) is 4.68 Å². The van der Waals surface area contributed by atoms with E-state index in [0.29, 0.717) is 0 Å². The second-order valence-electron chi connectivity index (χ2n) is 2.04. The molecule has 0 saturated heterocycles. The number of hydrogen-bond donors (Lipinski definition) is 0.